The maximum atomic E-state index is 10.7. The molecule has 0 aliphatic carbocycles. The SMILES string of the molecule is Nc1c(Br)cc(Br)c(N)c1C(=O)O. The topological polar surface area (TPSA) is 89.3 Å². The number of hydrogen-bond acceptors (Lipinski definition) is 3. The number of carboxylic acids is 1. The fraction of sp³-hybridized carbons (Fsp3) is 0. The van der Waals surface area contributed by atoms with Crippen LogP contribution in [0.2, 0.25) is 0 Å². The van der Waals surface area contributed by atoms with Gasteiger partial charge in [0.25, 0.3) is 0 Å². The fourth-order valence-electron chi connectivity index (χ4n) is 0.881. The minimum atomic E-state index is -1.14. The molecular formula is C7H6Br2N2O2. The van der Waals surface area contributed by atoms with Crippen LogP contribution in [0.1, 0.15) is 10.4 Å². The van der Waals surface area contributed by atoms with Gasteiger partial charge in [0, 0.05) is 8.95 Å². The summed E-state index contributed by atoms with van der Waals surface area (Å²) in [6, 6.07) is 1.61. The van der Waals surface area contributed by atoms with E-state index in [1.165, 1.54) is 0 Å². The number of hydrogen-bond donors (Lipinski definition) is 3. The number of nitrogen functional groups attached to an aromatic ring is 2. The van der Waals surface area contributed by atoms with Crippen LogP contribution in [0.4, 0.5) is 11.4 Å². The van der Waals surface area contributed by atoms with E-state index in [2.05, 4.69) is 31.9 Å². The van der Waals surface area contributed by atoms with E-state index in [9.17, 15) is 4.79 Å². The lowest BCUT2D eigenvalue weighted by atomic mass is 10.1. The molecule has 0 aromatic heterocycles. The number of anilines is 2. The first kappa shape index (κ1) is 10.3. The molecule has 0 atom stereocenters. The Morgan fingerprint density at radius 3 is 1.92 bits per heavy atom. The molecule has 1 aromatic rings. The number of carbonyl (C=O) groups is 1. The lowest BCUT2D eigenvalue weighted by Gasteiger charge is -2.08. The fourth-order valence-corrected chi connectivity index (χ4v) is 2.04. The minimum absolute atomic E-state index is 0.0822. The number of nitrogens with two attached hydrogens (primary N) is 2. The van der Waals surface area contributed by atoms with Crippen LogP contribution in [0.15, 0.2) is 15.0 Å². The Hall–Kier alpha value is -0.750. The third-order valence-corrected chi connectivity index (χ3v) is 2.83. The molecule has 6 heteroatoms. The molecule has 0 heterocycles. The Labute approximate surface area is 91.2 Å². The van der Waals surface area contributed by atoms with Crippen molar-refractivity contribution in [1.29, 1.82) is 0 Å². The van der Waals surface area contributed by atoms with E-state index in [0.717, 1.165) is 0 Å². The second kappa shape index (κ2) is 3.55. The third kappa shape index (κ3) is 1.78. The number of aromatic carboxylic acids is 1. The second-order valence-corrected chi connectivity index (χ2v) is 4.06. The number of halogens is 2. The van der Waals surface area contributed by atoms with E-state index in [1.807, 2.05) is 0 Å². The van der Waals surface area contributed by atoms with Crippen LogP contribution in [-0.2, 0) is 0 Å². The zero-order valence-electron chi connectivity index (χ0n) is 6.34. The summed E-state index contributed by atoms with van der Waals surface area (Å²) in [4.78, 5) is 10.7. The van der Waals surface area contributed by atoms with Crippen LogP contribution in [0.25, 0.3) is 0 Å². The van der Waals surface area contributed by atoms with Crippen LogP contribution >= 0.6 is 31.9 Å². The van der Waals surface area contributed by atoms with Crippen molar-refractivity contribution in [2.45, 2.75) is 0 Å². The smallest absolute Gasteiger partial charge is 0.339 e. The minimum Gasteiger partial charge on any atom is -0.478 e. The van der Waals surface area contributed by atoms with Gasteiger partial charge in [0.05, 0.1) is 11.4 Å². The van der Waals surface area contributed by atoms with Crippen LogP contribution in [0, 0.1) is 0 Å². The maximum absolute atomic E-state index is 10.7. The zero-order chi connectivity index (χ0) is 10.2. The molecule has 0 unspecified atom stereocenters. The Morgan fingerprint density at radius 2 is 1.62 bits per heavy atom. The predicted molar refractivity (Wildman–Crippen MR) is 57.6 cm³/mol. The number of rotatable bonds is 1. The van der Waals surface area contributed by atoms with E-state index in [0.29, 0.717) is 8.95 Å². The van der Waals surface area contributed by atoms with Crippen molar-refractivity contribution in [1.82, 2.24) is 0 Å². The largest absolute Gasteiger partial charge is 0.478 e. The van der Waals surface area contributed by atoms with Gasteiger partial charge in [0.1, 0.15) is 5.56 Å². The highest BCUT2D eigenvalue weighted by molar-refractivity contribution is 9.11. The van der Waals surface area contributed by atoms with Gasteiger partial charge >= 0.3 is 5.97 Å². The molecule has 1 aromatic carbocycles. The monoisotopic (exact) mass is 308 g/mol. The molecule has 0 bridgehead atoms. The van der Waals surface area contributed by atoms with Gasteiger partial charge in [-0.15, -0.1) is 0 Å². The molecule has 1 rings (SSSR count). The van der Waals surface area contributed by atoms with Gasteiger partial charge < -0.3 is 16.6 Å². The Balaban J connectivity index is 3.56. The van der Waals surface area contributed by atoms with Crippen LogP contribution < -0.4 is 11.5 Å². The van der Waals surface area contributed by atoms with Crippen molar-refractivity contribution in [3.8, 4) is 0 Å². The summed E-state index contributed by atoms with van der Waals surface area (Å²) in [6.45, 7) is 0. The van der Waals surface area contributed by atoms with Gasteiger partial charge in [0.2, 0.25) is 0 Å². The summed E-state index contributed by atoms with van der Waals surface area (Å²) in [6.07, 6.45) is 0. The van der Waals surface area contributed by atoms with Crippen LogP contribution in [0.5, 0.6) is 0 Å². The molecule has 0 radical (unpaired) electrons. The molecule has 0 fully saturated rings. The van der Waals surface area contributed by atoms with Gasteiger partial charge in [0.15, 0.2) is 0 Å². The highest BCUT2D eigenvalue weighted by Gasteiger charge is 2.17. The predicted octanol–water partition coefficient (Wildman–Crippen LogP) is 2.07. The molecule has 0 saturated carbocycles. The van der Waals surface area contributed by atoms with Gasteiger partial charge in [-0.2, -0.15) is 0 Å². The van der Waals surface area contributed by atoms with E-state index in [4.69, 9.17) is 16.6 Å². The average Bonchev–Trinajstić information content (AvgIpc) is 2.01. The normalized spacial score (nSPS) is 10.0. The molecule has 5 N–H and O–H groups in total. The highest BCUT2D eigenvalue weighted by atomic mass is 79.9. The van der Waals surface area contributed by atoms with Crippen molar-refractivity contribution in [2.24, 2.45) is 0 Å². The van der Waals surface area contributed by atoms with Gasteiger partial charge in [-0.3, -0.25) is 0 Å². The molecule has 0 spiro atoms. The first-order valence-corrected chi connectivity index (χ1v) is 4.80. The maximum Gasteiger partial charge on any atom is 0.339 e. The lowest BCUT2D eigenvalue weighted by Crippen LogP contribution is -2.08. The van der Waals surface area contributed by atoms with Crippen molar-refractivity contribution in [3.63, 3.8) is 0 Å². The Kier molecular flexibility index (Phi) is 2.82. The standard InChI is InChI=1S/C7H6Br2N2O2/c8-2-1-3(9)6(11)4(5(2)10)7(12)13/h1H,10-11H2,(H,12,13). The van der Waals surface area contributed by atoms with E-state index in [-0.39, 0.29) is 16.9 Å². The summed E-state index contributed by atoms with van der Waals surface area (Å²) in [7, 11) is 0. The lowest BCUT2D eigenvalue weighted by molar-refractivity contribution is 0.0699. The first-order valence-electron chi connectivity index (χ1n) is 3.21. The summed E-state index contributed by atoms with van der Waals surface area (Å²) >= 11 is 6.25. The van der Waals surface area contributed by atoms with Crippen molar-refractivity contribution < 1.29 is 9.90 Å². The molecule has 0 aliphatic rings. The van der Waals surface area contributed by atoms with E-state index in [1.54, 1.807) is 6.07 Å². The second-order valence-electron chi connectivity index (χ2n) is 2.35. The molecule has 0 amide bonds. The van der Waals surface area contributed by atoms with Gasteiger partial charge in [-0.1, -0.05) is 0 Å². The molecule has 70 valence electrons. The molecule has 4 nitrogen and oxygen atoms in total. The quantitative estimate of drug-likeness (QED) is 0.693. The summed E-state index contributed by atoms with van der Waals surface area (Å²) < 4.78 is 1.01. The van der Waals surface area contributed by atoms with Gasteiger partial charge in [-0.05, 0) is 37.9 Å². The molecule has 0 aliphatic heterocycles. The van der Waals surface area contributed by atoms with Crippen LogP contribution in [-0.4, -0.2) is 11.1 Å². The van der Waals surface area contributed by atoms with Crippen molar-refractivity contribution in [3.05, 3.63) is 20.6 Å². The van der Waals surface area contributed by atoms with E-state index >= 15 is 0 Å². The molecule has 13 heavy (non-hydrogen) atoms. The van der Waals surface area contributed by atoms with Crippen molar-refractivity contribution >= 4 is 49.2 Å². The molecule has 0 saturated heterocycles. The highest BCUT2D eigenvalue weighted by Crippen LogP contribution is 2.34. The van der Waals surface area contributed by atoms with E-state index < -0.39 is 5.97 Å². The Bertz CT molecular complexity index is 353. The van der Waals surface area contributed by atoms with Gasteiger partial charge in [-0.25, -0.2) is 4.79 Å². The van der Waals surface area contributed by atoms with Crippen molar-refractivity contribution in [2.75, 3.05) is 11.5 Å². The Morgan fingerprint density at radius 1 is 1.23 bits per heavy atom. The number of carboxylic acid groups (broad SMARTS) is 1. The average molecular weight is 310 g/mol. The summed E-state index contributed by atoms with van der Waals surface area (Å²) in [5.74, 6) is -1.14. The van der Waals surface area contributed by atoms with Crippen LogP contribution in [0.3, 0.4) is 0 Å². The number of benzene rings is 1. The third-order valence-electron chi connectivity index (χ3n) is 1.52. The summed E-state index contributed by atoms with van der Waals surface area (Å²) in [5, 5.41) is 8.79. The first-order chi connectivity index (χ1) is 5.95. The zero-order valence-corrected chi connectivity index (χ0v) is 9.52. The summed E-state index contributed by atoms with van der Waals surface area (Å²) in [5.41, 5.74) is 11.2. The molecular weight excluding hydrogens is 304 g/mol.